The first-order valence-corrected chi connectivity index (χ1v) is 12.2. The monoisotopic (exact) mass is 509 g/mol. The standard InChI is InChI=1S/C28H27N7O3/c1-3-26(38)30-21-5-4-6-23(17-21)35-12-11-25(37)24-18-29-28(32-27(24)35)31-20-7-9-22(10-8-20)34-15-13-33(14-16-34)19(2)36/h3-12,17-18H,1,13-16H2,2H3,(H,30,38)(H,29,31,32). The fraction of sp³-hybridized carbons (Fsp3) is 0.179. The van der Waals surface area contributed by atoms with Gasteiger partial charge in [0.05, 0.1) is 5.39 Å². The number of amides is 2. The maximum absolute atomic E-state index is 12.5. The Morgan fingerprint density at radius 1 is 0.974 bits per heavy atom. The molecule has 1 fully saturated rings. The van der Waals surface area contributed by atoms with Crippen molar-refractivity contribution in [3.05, 3.63) is 89.9 Å². The zero-order chi connectivity index (χ0) is 26.6. The van der Waals surface area contributed by atoms with Gasteiger partial charge in [-0.1, -0.05) is 12.6 Å². The van der Waals surface area contributed by atoms with Crippen LogP contribution in [0.15, 0.2) is 84.4 Å². The summed E-state index contributed by atoms with van der Waals surface area (Å²) in [5.74, 6) is 0.137. The lowest BCUT2D eigenvalue weighted by atomic mass is 10.2. The van der Waals surface area contributed by atoms with Crippen LogP contribution in [0.3, 0.4) is 0 Å². The zero-order valence-corrected chi connectivity index (χ0v) is 20.9. The highest BCUT2D eigenvalue weighted by molar-refractivity contribution is 5.99. The van der Waals surface area contributed by atoms with Gasteiger partial charge >= 0.3 is 0 Å². The van der Waals surface area contributed by atoms with Crippen LogP contribution in [0.2, 0.25) is 0 Å². The van der Waals surface area contributed by atoms with Crippen molar-refractivity contribution >= 4 is 45.9 Å². The van der Waals surface area contributed by atoms with Gasteiger partial charge in [-0.15, -0.1) is 0 Å². The fourth-order valence-electron chi connectivity index (χ4n) is 4.39. The van der Waals surface area contributed by atoms with Crippen LogP contribution in [0.1, 0.15) is 6.92 Å². The minimum Gasteiger partial charge on any atom is -0.368 e. The summed E-state index contributed by atoms with van der Waals surface area (Å²) in [7, 11) is 0. The number of piperazine rings is 1. The zero-order valence-electron chi connectivity index (χ0n) is 20.9. The number of anilines is 4. The summed E-state index contributed by atoms with van der Waals surface area (Å²) >= 11 is 0. The van der Waals surface area contributed by atoms with Crippen molar-refractivity contribution in [3.63, 3.8) is 0 Å². The van der Waals surface area contributed by atoms with E-state index in [1.807, 2.05) is 35.2 Å². The number of fused-ring (bicyclic) bond motifs is 1. The molecule has 0 atom stereocenters. The largest absolute Gasteiger partial charge is 0.368 e. The Bertz CT molecular complexity index is 1570. The third kappa shape index (κ3) is 5.24. The summed E-state index contributed by atoms with van der Waals surface area (Å²) in [6.07, 6.45) is 4.36. The van der Waals surface area contributed by atoms with E-state index in [2.05, 4.69) is 32.1 Å². The van der Waals surface area contributed by atoms with Gasteiger partial charge < -0.3 is 25.0 Å². The van der Waals surface area contributed by atoms with Crippen molar-refractivity contribution < 1.29 is 9.59 Å². The highest BCUT2D eigenvalue weighted by Crippen LogP contribution is 2.23. The molecule has 3 heterocycles. The topological polar surface area (TPSA) is 112 Å². The predicted molar refractivity (Wildman–Crippen MR) is 148 cm³/mol. The first-order valence-electron chi connectivity index (χ1n) is 12.2. The molecule has 38 heavy (non-hydrogen) atoms. The molecule has 2 aromatic heterocycles. The molecule has 2 N–H and O–H groups in total. The van der Waals surface area contributed by atoms with Gasteiger partial charge in [0.2, 0.25) is 17.8 Å². The van der Waals surface area contributed by atoms with Gasteiger partial charge in [-0.3, -0.25) is 14.4 Å². The lowest BCUT2D eigenvalue weighted by Gasteiger charge is -2.35. The van der Waals surface area contributed by atoms with Crippen LogP contribution >= 0.6 is 0 Å². The summed E-state index contributed by atoms with van der Waals surface area (Å²) in [5.41, 5.74) is 3.44. The molecule has 192 valence electrons. The van der Waals surface area contributed by atoms with Crippen LogP contribution in [0, 0.1) is 0 Å². The van der Waals surface area contributed by atoms with E-state index in [1.54, 1.807) is 35.9 Å². The Labute approximate surface area is 219 Å². The van der Waals surface area contributed by atoms with Crippen molar-refractivity contribution in [3.8, 4) is 5.69 Å². The molecule has 2 amide bonds. The first-order chi connectivity index (χ1) is 18.4. The van der Waals surface area contributed by atoms with Gasteiger partial charge in [0.15, 0.2) is 11.1 Å². The molecule has 0 unspecified atom stereocenters. The van der Waals surface area contributed by atoms with Gasteiger partial charge in [0.25, 0.3) is 0 Å². The number of pyridine rings is 1. The van der Waals surface area contributed by atoms with Crippen LogP contribution in [0.4, 0.5) is 23.0 Å². The summed E-state index contributed by atoms with van der Waals surface area (Å²) in [4.78, 5) is 48.9. The number of nitrogens with zero attached hydrogens (tertiary/aromatic N) is 5. The molecular weight excluding hydrogens is 482 g/mol. The van der Waals surface area contributed by atoms with Gasteiger partial charge in [0, 0.05) is 74.3 Å². The number of aromatic nitrogens is 3. The van der Waals surface area contributed by atoms with Crippen molar-refractivity contribution in [1.29, 1.82) is 0 Å². The second-order valence-electron chi connectivity index (χ2n) is 8.89. The molecule has 0 spiro atoms. The SMILES string of the molecule is C=CC(=O)Nc1cccc(-n2ccc(=O)c3cnc(Nc4ccc(N5CCN(C(C)=O)CC5)cc4)nc32)c1. The minimum atomic E-state index is -0.315. The van der Waals surface area contributed by atoms with E-state index in [9.17, 15) is 14.4 Å². The highest BCUT2D eigenvalue weighted by atomic mass is 16.2. The van der Waals surface area contributed by atoms with Crippen LogP contribution in [-0.2, 0) is 9.59 Å². The molecule has 0 bridgehead atoms. The Morgan fingerprint density at radius 3 is 2.45 bits per heavy atom. The van der Waals surface area contributed by atoms with Crippen molar-refractivity contribution in [1.82, 2.24) is 19.4 Å². The van der Waals surface area contributed by atoms with Crippen LogP contribution < -0.4 is 21.0 Å². The average Bonchev–Trinajstić information content (AvgIpc) is 2.94. The second kappa shape index (κ2) is 10.6. The molecule has 1 saturated heterocycles. The molecular formula is C28H27N7O3. The number of nitrogens with one attached hydrogen (secondary N) is 2. The van der Waals surface area contributed by atoms with Crippen molar-refractivity contribution in [2.45, 2.75) is 6.92 Å². The number of carbonyl (C=O) groups is 2. The fourth-order valence-corrected chi connectivity index (χ4v) is 4.39. The molecule has 0 radical (unpaired) electrons. The summed E-state index contributed by atoms with van der Waals surface area (Å²) < 4.78 is 1.77. The second-order valence-corrected chi connectivity index (χ2v) is 8.89. The quantitative estimate of drug-likeness (QED) is 0.384. The maximum atomic E-state index is 12.5. The van der Waals surface area contributed by atoms with E-state index in [0.29, 0.717) is 35.8 Å². The molecule has 0 saturated carbocycles. The third-order valence-corrected chi connectivity index (χ3v) is 6.43. The molecule has 10 nitrogen and oxygen atoms in total. The smallest absolute Gasteiger partial charge is 0.247 e. The van der Waals surface area contributed by atoms with E-state index < -0.39 is 0 Å². The third-order valence-electron chi connectivity index (χ3n) is 6.43. The molecule has 0 aliphatic carbocycles. The number of carbonyl (C=O) groups excluding carboxylic acids is 2. The van der Waals surface area contributed by atoms with Gasteiger partial charge in [0.1, 0.15) is 0 Å². The molecule has 1 aliphatic rings. The summed E-state index contributed by atoms with van der Waals surface area (Å²) in [6.45, 7) is 8.08. The van der Waals surface area contributed by atoms with E-state index >= 15 is 0 Å². The number of rotatable bonds is 6. The Morgan fingerprint density at radius 2 is 1.74 bits per heavy atom. The molecule has 4 aromatic rings. The maximum Gasteiger partial charge on any atom is 0.247 e. The van der Waals surface area contributed by atoms with E-state index in [4.69, 9.17) is 0 Å². The normalized spacial score (nSPS) is 13.3. The Balaban J connectivity index is 1.39. The van der Waals surface area contributed by atoms with Gasteiger partial charge in [-0.05, 0) is 48.5 Å². The van der Waals surface area contributed by atoms with Crippen LogP contribution in [0.25, 0.3) is 16.7 Å². The number of hydrogen-bond acceptors (Lipinski definition) is 7. The molecule has 10 heteroatoms. The van der Waals surface area contributed by atoms with Gasteiger partial charge in [-0.25, -0.2) is 4.98 Å². The van der Waals surface area contributed by atoms with Crippen molar-refractivity contribution in [2.75, 3.05) is 41.7 Å². The van der Waals surface area contributed by atoms with Crippen LogP contribution in [0.5, 0.6) is 0 Å². The van der Waals surface area contributed by atoms with Gasteiger partial charge in [-0.2, -0.15) is 4.98 Å². The average molecular weight is 510 g/mol. The first kappa shape index (κ1) is 24.7. The number of hydrogen-bond donors (Lipinski definition) is 2. The Kier molecular flexibility index (Phi) is 6.86. The van der Waals surface area contributed by atoms with E-state index in [1.165, 1.54) is 18.3 Å². The minimum absolute atomic E-state index is 0.108. The Hall–Kier alpha value is -4.99. The number of benzene rings is 2. The molecule has 1 aliphatic heterocycles. The lowest BCUT2D eigenvalue weighted by molar-refractivity contribution is -0.129. The summed E-state index contributed by atoms with van der Waals surface area (Å²) in [5, 5.41) is 6.33. The highest BCUT2D eigenvalue weighted by Gasteiger charge is 2.18. The lowest BCUT2D eigenvalue weighted by Crippen LogP contribution is -2.48. The van der Waals surface area contributed by atoms with Crippen molar-refractivity contribution in [2.24, 2.45) is 0 Å². The predicted octanol–water partition coefficient (Wildman–Crippen LogP) is 3.32. The van der Waals surface area contributed by atoms with E-state index in [-0.39, 0.29) is 17.2 Å². The van der Waals surface area contributed by atoms with E-state index in [0.717, 1.165) is 30.2 Å². The van der Waals surface area contributed by atoms with Crippen LogP contribution in [-0.4, -0.2) is 57.4 Å². The molecule has 5 rings (SSSR count). The summed E-state index contributed by atoms with van der Waals surface area (Å²) in [6, 6.07) is 16.6. The molecule has 2 aromatic carbocycles.